The molecule has 0 unspecified atom stereocenters. The van der Waals surface area contributed by atoms with Gasteiger partial charge in [0.25, 0.3) is 5.91 Å². The number of carbonyl (C=O) groups excluding carboxylic acids is 3. The number of piperidine rings is 1. The first kappa shape index (κ1) is 28.5. The summed E-state index contributed by atoms with van der Waals surface area (Å²) in [5.74, 6) is -1.04. The molecule has 2 amide bonds. The number of halogens is 2. The number of hydrogen-bond donors (Lipinski definition) is 3. The third kappa shape index (κ3) is 8.00. The number of nitrogens with zero attached hydrogens (tertiary/aromatic N) is 2. The van der Waals surface area contributed by atoms with E-state index in [1.54, 1.807) is 29.2 Å². The van der Waals surface area contributed by atoms with Gasteiger partial charge in [-0.15, -0.1) is 0 Å². The van der Waals surface area contributed by atoms with Crippen molar-refractivity contribution in [3.8, 4) is 0 Å². The summed E-state index contributed by atoms with van der Waals surface area (Å²) in [5, 5.41) is 7.13. The molecule has 4 rings (SSSR count). The molecule has 3 heterocycles. The highest BCUT2D eigenvalue weighted by Crippen LogP contribution is 2.19. The number of pyridine rings is 1. The number of hydrogen-bond acceptors (Lipinski definition) is 6. The zero-order valence-electron chi connectivity index (χ0n) is 22.2. The monoisotopic (exact) mass is 557 g/mol. The number of ether oxygens (including phenoxy) is 1. The largest absolute Gasteiger partial charge is 0.444 e. The van der Waals surface area contributed by atoms with Gasteiger partial charge >= 0.3 is 6.09 Å². The average Bonchev–Trinajstić information content (AvgIpc) is 3.31. The summed E-state index contributed by atoms with van der Waals surface area (Å²) < 4.78 is 18.9. The highest BCUT2D eigenvalue weighted by atomic mass is 35.5. The Bertz CT molecular complexity index is 1330. The van der Waals surface area contributed by atoms with Crippen LogP contribution in [-0.4, -0.2) is 70.0 Å². The van der Waals surface area contributed by atoms with E-state index >= 15 is 0 Å². The number of benzene rings is 1. The van der Waals surface area contributed by atoms with E-state index in [1.807, 2.05) is 20.8 Å². The number of H-pyrrole nitrogens is 1. The number of nitrogens with one attached hydrogen (secondary N) is 3. The predicted octanol–water partition coefficient (Wildman–Crippen LogP) is 4.25. The van der Waals surface area contributed by atoms with Crippen molar-refractivity contribution in [2.24, 2.45) is 0 Å². The fourth-order valence-electron chi connectivity index (χ4n) is 4.43. The van der Waals surface area contributed by atoms with Crippen LogP contribution in [0.3, 0.4) is 0 Å². The number of ketones is 1. The Kier molecular flexibility index (Phi) is 8.87. The number of aromatic amines is 1. The minimum absolute atomic E-state index is 0.0372. The fourth-order valence-corrected chi connectivity index (χ4v) is 4.59. The number of amides is 2. The molecular formula is C28H33ClFN5O4. The van der Waals surface area contributed by atoms with E-state index in [-0.39, 0.29) is 42.4 Å². The smallest absolute Gasteiger partial charge is 0.410 e. The van der Waals surface area contributed by atoms with Gasteiger partial charge in [-0.1, -0.05) is 23.7 Å². The molecule has 1 aromatic carbocycles. The topological polar surface area (TPSA) is 116 Å². The van der Waals surface area contributed by atoms with E-state index in [0.717, 1.165) is 5.39 Å². The van der Waals surface area contributed by atoms with Crippen LogP contribution in [0.5, 0.6) is 0 Å². The molecule has 9 nitrogen and oxygen atoms in total. The molecule has 1 atom stereocenters. The molecule has 1 fully saturated rings. The zero-order valence-corrected chi connectivity index (χ0v) is 23.0. The molecule has 0 aliphatic carbocycles. The van der Waals surface area contributed by atoms with Crippen molar-refractivity contribution in [2.45, 2.75) is 57.7 Å². The van der Waals surface area contributed by atoms with Crippen LogP contribution < -0.4 is 10.6 Å². The van der Waals surface area contributed by atoms with Crippen LogP contribution >= 0.6 is 11.6 Å². The first-order valence-corrected chi connectivity index (χ1v) is 13.3. The second-order valence-electron chi connectivity index (χ2n) is 10.7. The molecule has 2 aromatic heterocycles. The second-order valence-corrected chi connectivity index (χ2v) is 11.1. The summed E-state index contributed by atoms with van der Waals surface area (Å²) in [6.45, 7) is 6.58. The molecule has 11 heteroatoms. The lowest BCUT2D eigenvalue weighted by Gasteiger charge is -2.34. The Morgan fingerprint density at radius 1 is 1.18 bits per heavy atom. The predicted molar refractivity (Wildman–Crippen MR) is 146 cm³/mol. The summed E-state index contributed by atoms with van der Waals surface area (Å²) in [5.41, 5.74) is 1.08. The lowest BCUT2D eigenvalue weighted by Crippen LogP contribution is -2.50. The fraction of sp³-hybridized carbons (Fsp3) is 0.429. The Labute approximate surface area is 231 Å². The maximum atomic E-state index is 13.4. The lowest BCUT2D eigenvalue weighted by molar-refractivity contribution is -0.120. The highest BCUT2D eigenvalue weighted by Gasteiger charge is 2.28. The number of rotatable bonds is 8. The maximum absolute atomic E-state index is 13.4. The molecule has 0 spiro atoms. The van der Waals surface area contributed by atoms with Crippen molar-refractivity contribution in [1.29, 1.82) is 0 Å². The summed E-state index contributed by atoms with van der Waals surface area (Å²) in [7, 11) is 0. The minimum atomic E-state index is -0.842. The normalized spacial score (nSPS) is 15.3. The van der Waals surface area contributed by atoms with Gasteiger partial charge in [-0.25, -0.2) is 14.2 Å². The number of Topliss-reactive ketones (excluding diaryl/α,β-unsaturated/α-hetero) is 1. The number of likely N-dealkylation sites (tertiary alicyclic amines) is 1. The van der Waals surface area contributed by atoms with Crippen LogP contribution in [0.2, 0.25) is 5.15 Å². The van der Waals surface area contributed by atoms with Crippen LogP contribution in [-0.2, 0) is 16.0 Å². The maximum Gasteiger partial charge on any atom is 0.410 e. The Morgan fingerprint density at radius 2 is 1.87 bits per heavy atom. The van der Waals surface area contributed by atoms with Crippen LogP contribution in [0.15, 0.2) is 42.6 Å². The molecule has 0 saturated carbocycles. The van der Waals surface area contributed by atoms with Gasteiger partial charge in [-0.2, -0.15) is 0 Å². The van der Waals surface area contributed by atoms with E-state index in [2.05, 4.69) is 20.6 Å². The summed E-state index contributed by atoms with van der Waals surface area (Å²) in [6.07, 6.45) is 2.75. The van der Waals surface area contributed by atoms with Gasteiger partial charge < -0.3 is 25.3 Å². The van der Waals surface area contributed by atoms with Crippen molar-refractivity contribution >= 4 is 40.3 Å². The van der Waals surface area contributed by atoms with Crippen molar-refractivity contribution in [3.63, 3.8) is 0 Å². The summed E-state index contributed by atoms with van der Waals surface area (Å²) in [6, 6.07) is 8.33. The number of aromatic nitrogens is 2. The molecule has 3 aromatic rings. The number of carbonyl (C=O) groups is 3. The van der Waals surface area contributed by atoms with E-state index in [4.69, 9.17) is 16.3 Å². The SMILES string of the molecule is CC(C)(C)OC(=O)N1CCC(NCC(=O)[C@H](Cc2ccc(F)cc2)NC(=O)c2cc3cc(Cl)ncc3[nH]2)CC1. The minimum Gasteiger partial charge on any atom is -0.444 e. The third-order valence-corrected chi connectivity index (χ3v) is 6.68. The second kappa shape index (κ2) is 12.1. The zero-order chi connectivity index (χ0) is 28.2. The first-order valence-electron chi connectivity index (χ1n) is 12.9. The van der Waals surface area contributed by atoms with Gasteiger partial charge in [-0.05, 0) is 69.9 Å². The average molecular weight is 558 g/mol. The van der Waals surface area contributed by atoms with E-state index in [9.17, 15) is 18.8 Å². The van der Waals surface area contributed by atoms with E-state index in [1.165, 1.54) is 18.3 Å². The van der Waals surface area contributed by atoms with Crippen LogP contribution in [0, 0.1) is 5.82 Å². The van der Waals surface area contributed by atoms with Crippen LogP contribution in [0.25, 0.3) is 10.9 Å². The van der Waals surface area contributed by atoms with E-state index < -0.39 is 17.6 Å². The van der Waals surface area contributed by atoms with Crippen molar-refractivity contribution < 1.29 is 23.5 Å². The molecule has 208 valence electrons. The molecule has 39 heavy (non-hydrogen) atoms. The molecule has 3 N–H and O–H groups in total. The molecule has 0 bridgehead atoms. The molecule has 1 saturated heterocycles. The quantitative estimate of drug-likeness (QED) is 0.356. The van der Waals surface area contributed by atoms with Crippen LogP contribution in [0.1, 0.15) is 49.7 Å². The highest BCUT2D eigenvalue weighted by molar-refractivity contribution is 6.30. The molecule has 1 aliphatic rings. The van der Waals surface area contributed by atoms with Gasteiger partial charge in [0.1, 0.15) is 22.3 Å². The Balaban J connectivity index is 1.38. The molecule has 0 radical (unpaired) electrons. The molecular weight excluding hydrogens is 525 g/mol. The summed E-state index contributed by atoms with van der Waals surface area (Å²) >= 11 is 5.95. The third-order valence-electron chi connectivity index (χ3n) is 6.48. The van der Waals surface area contributed by atoms with Crippen molar-refractivity contribution in [1.82, 2.24) is 25.5 Å². The number of fused-ring (bicyclic) bond motifs is 1. The lowest BCUT2D eigenvalue weighted by atomic mass is 10.0. The van der Waals surface area contributed by atoms with Gasteiger partial charge in [0.15, 0.2) is 5.78 Å². The van der Waals surface area contributed by atoms with E-state index in [0.29, 0.717) is 42.2 Å². The first-order chi connectivity index (χ1) is 18.5. The van der Waals surface area contributed by atoms with Crippen molar-refractivity contribution in [3.05, 3.63) is 64.8 Å². The van der Waals surface area contributed by atoms with Crippen LogP contribution in [0.4, 0.5) is 9.18 Å². The Morgan fingerprint density at radius 3 is 2.54 bits per heavy atom. The Hall–Kier alpha value is -3.50. The van der Waals surface area contributed by atoms with Crippen molar-refractivity contribution in [2.75, 3.05) is 19.6 Å². The van der Waals surface area contributed by atoms with Gasteiger partial charge in [-0.3, -0.25) is 9.59 Å². The summed E-state index contributed by atoms with van der Waals surface area (Å²) in [4.78, 5) is 47.4. The van der Waals surface area contributed by atoms with Gasteiger partial charge in [0.2, 0.25) is 0 Å². The standard InChI is InChI=1S/C28H33ClFN5O4/c1-28(2,3)39-27(38)35-10-8-20(9-11-35)31-16-24(36)21(12-17-4-6-19(30)7-5-17)34-26(37)22-13-18-14-25(29)32-15-23(18)33-22/h4-7,13-15,20-21,31,33H,8-12,16H2,1-3H3,(H,34,37)/t21-/m0/s1. The van der Waals surface area contributed by atoms with Gasteiger partial charge in [0, 0.05) is 24.5 Å². The molecule has 1 aliphatic heterocycles. The van der Waals surface area contributed by atoms with Gasteiger partial charge in [0.05, 0.1) is 24.3 Å².